The smallest absolute Gasteiger partial charge is 0.123 e. The maximum atomic E-state index is 13.4. The normalized spacial score (nSPS) is 16.2. The van der Waals surface area contributed by atoms with Gasteiger partial charge in [-0.15, -0.1) is 0 Å². The fourth-order valence-electron chi connectivity index (χ4n) is 2.67. The molecule has 1 aliphatic rings. The molecule has 4 nitrogen and oxygen atoms in total. The topological polar surface area (TPSA) is 65.3 Å². The van der Waals surface area contributed by atoms with Crippen LogP contribution in [0.25, 0.3) is 0 Å². The van der Waals surface area contributed by atoms with Crippen molar-refractivity contribution in [2.24, 2.45) is 0 Å². The lowest BCUT2D eigenvalue weighted by Crippen LogP contribution is -2.38. The molecule has 0 aliphatic heterocycles. The van der Waals surface area contributed by atoms with Crippen LogP contribution in [0.3, 0.4) is 0 Å². The molecular formula is C19H19FN2O2. The number of nitrogens with one attached hydrogen (secondary N) is 1. The Bertz CT molecular complexity index is 736. The number of hydrogen-bond acceptors (Lipinski definition) is 4. The second kappa shape index (κ2) is 7.00. The first-order valence-corrected chi connectivity index (χ1v) is 7.93. The van der Waals surface area contributed by atoms with Gasteiger partial charge in [0.15, 0.2) is 0 Å². The molecule has 0 bridgehead atoms. The van der Waals surface area contributed by atoms with Crippen LogP contribution in [0.15, 0.2) is 48.5 Å². The molecule has 0 saturated heterocycles. The van der Waals surface area contributed by atoms with Gasteiger partial charge in [0.1, 0.15) is 24.3 Å². The Labute approximate surface area is 140 Å². The first-order chi connectivity index (χ1) is 11.6. The van der Waals surface area contributed by atoms with Crippen LogP contribution in [0.2, 0.25) is 0 Å². The van der Waals surface area contributed by atoms with E-state index in [9.17, 15) is 9.50 Å². The zero-order chi connectivity index (χ0) is 17.0. The van der Waals surface area contributed by atoms with E-state index in [1.807, 2.05) is 12.1 Å². The van der Waals surface area contributed by atoms with Crippen molar-refractivity contribution in [3.05, 3.63) is 65.5 Å². The van der Waals surface area contributed by atoms with Crippen molar-refractivity contribution in [1.82, 2.24) is 5.32 Å². The largest absolute Gasteiger partial charge is 0.491 e. The van der Waals surface area contributed by atoms with Gasteiger partial charge in [0.2, 0.25) is 0 Å². The molecule has 0 radical (unpaired) electrons. The zero-order valence-electron chi connectivity index (χ0n) is 13.2. The number of ether oxygens (including phenoxy) is 1. The summed E-state index contributed by atoms with van der Waals surface area (Å²) in [5, 5.41) is 22.2. The molecule has 24 heavy (non-hydrogen) atoms. The van der Waals surface area contributed by atoms with Crippen LogP contribution in [0.5, 0.6) is 5.75 Å². The Morgan fingerprint density at radius 1 is 1.25 bits per heavy atom. The number of benzene rings is 2. The molecule has 1 fully saturated rings. The molecule has 5 heteroatoms. The van der Waals surface area contributed by atoms with Gasteiger partial charge in [0.25, 0.3) is 0 Å². The standard InChI is InChI=1S/C19H19FN2O2/c20-16-3-1-2-15(10-16)19(8-9-19)22-12-17(23)13-24-18-6-4-14(11-21)5-7-18/h1-7,10,17,22-23H,8-9,12-13H2. The van der Waals surface area contributed by atoms with E-state index in [-0.39, 0.29) is 18.0 Å². The molecule has 1 atom stereocenters. The fourth-order valence-corrected chi connectivity index (χ4v) is 2.67. The number of halogens is 1. The lowest BCUT2D eigenvalue weighted by atomic mass is 10.0. The van der Waals surface area contributed by atoms with Gasteiger partial charge in [-0.25, -0.2) is 4.39 Å². The van der Waals surface area contributed by atoms with Gasteiger partial charge >= 0.3 is 0 Å². The van der Waals surface area contributed by atoms with Gasteiger partial charge in [-0.1, -0.05) is 12.1 Å². The second-order valence-corrected chi connectivity index (χ2v) is 6.07. The Hall–Kier alpha value is -2.42. The van der Waals surface area contributed by atoms with E-state index in [2.05, 4.69) is 5.32 Å². The highest BCUT2D eigenvalue weighted by Gasteiger charge is 2.44. The highest BCUT2D eigenvalue weighted by molar-refractivity contribution is 5.34. The summed E-state index contributed by atoms with van der Waals surface area (Å²) < 4.78 is 18.9. The van der Waals surface area contributed by atoms with Crippen LogP contribution in [-0.2, 0) is 5.54 Å². The van der Waals surface area contributed by atoms with Crippen LogP contribution in [0.4, 0.5) is 4.39 Å². The summed E-state index contributed by atoms with van der Waals surface area (Å²) in [4.78, 5) is 0. The molecule has 0 spiro atoms. The van der Waals surface area contributed by atoms with Gasteiger partial charge < -0.3 is 15.2 Å². The van der Waals surface area contributed by atoms with Crippen molar-refractivity contribution < 1.29 is 14.2 Å². The predicted molar refractivity (Wildman–Crippen MR) is 88.0 cm³/mol. The summed E-state index contributed by atoms with van der Waals surface area (Å²) in [5.41, 5.74) is 1.26. The molecular weight excluding hydrogens is 307 g/mol. The number of aliphatic hydroxyl groups is 1. The van der Waals surface area contributed by atoms with Crippen molar-refractivity contribution in [2.45, 2.75) is 24.5 Å². The third-order valence-electron chi connectivity index (χ3n) is 4.23. The summed E-state index contributed by atoms with van der Waals surface area (Å²) in [6, 6.07) is 15.4. The van der Waals surface area contributed by atoms with Gasteiger partial charge in [-0.3, -0.25) is 0 Å². The molecule has 3 rings (SSSR count). The number of aliphatic hydroxyl groups excluding tert-OH is 1. The SMILES string of the molecule is N#Cc1ccc(OCC(O)CNC2(c3cccc(F)c3)CC2)cc1. The van der Waals surface area contributed by atoms with Gasteiger partial charge in [-0.05, 0) is 54.8 Å². The van der Waals surface area contributed by atoms with Crippen molar-refractivity contribution >= 4 is 0 Å². The first kappa shape index (κ1) is 16.4. The lowest BCUT2D eigenvalue weighted by molar-refractivity contribution is 0.102. The van der Waals surface area contributed by atoms with Gasteiger partial charge in [0, 0.05) is 12.1 Å². The van der Waals surface area contributed by atoms with Crippen LogP contribution < -0.4 is 10.1 Å². The molecule has 2 aromatic carbocycles. The molecule has 0 aromatic heterocycles. The molecule has 2 N–H and O–H groups in total. The molecule has 0 amide bonds. The summed E-state index contributed by atoms with van der Waals surface area (Å²) in [5.74, 6) is 0.365. The quantitative estimate of drug-likeness (QED) is 0.821. The van der Waals surface area contributed by atoms with Crippen LogP contribution >= 0.6 is 0 Å². The second-order valence-electron chi connectivity index (χ2n) is 6.07. The lowest BCUT2D eigenvalue weighted by Gasteiger charge is -2.21. The molecule has 1 saturated carbocycles. The first-order valence-electron chi connectivity index (χ1n) is 7.93. The van der Waals surface area contributed by atoms with Crippen LogP contribution in [-0.4, -0.2) is 24.4 Å². The van der Waals surface area contributed by atoms with Crippen molar-refractivity contribution in [3.63, 3.8) is 0 Å². The van der Waals surface area contributed by atoms with E-state index in [4.69, 9.17) is 10.00 Å². The number of nitrogens with zero attached hydrogens (tertiary/aromatic N) is 1. The average molecular weight is 326 g/mol. The predicted octanol–water partition coefficient (Wildman–Crippen LogP) is 2.72. The van der Waals surface area contributed by atoms with E-state index >= 15 is 0 Å². The number of hydrogen-bond donors (Lipinski definition) is 2. The Morgan fingerprint density at radius 2 is 2.00 bits per heavy atom. The minimum Gasteiger partial charge on any atom is -0.491 e. The maximum Gasteiger partial charge on any atom is 0.123 e. The maximum absolute atomic E-state index is 13.4. The molecule has 124 valence electrons. The Balaban J connectivity index is 1.49. The van der Waals surface area contributed by atoms with Crippen molar-refractivity contribution in [3.8, 4) is 11.8 Å². The highest BCUT2D eigenvalue weighted by Crippen LogP contribution is 2.45. The molecule has 1 unspecified atom stereocenters. The third kappa shape index (κ3) is 3.91. The summed E-state index contributed by atoms with van der Waals surface area (Å²) >= 11 is 0. The third-order valence-corrected chi connectivity index (χ3v) is 4.23. The molecule has 0 heterocycles. The monoisotopic (exact) mass is 326 g/mol. The molecule has 1 aliphatic carbocycles. The van der Waals surface area contributed by atoms with E-state index in [0.717, 1.165) is 18.4 Å². The van der Waals surface area contributed by atoms with Crippen LogP contribution in [0, 0.1) is 17.1 Å². The van der Waals surface area contributed by atoms with Crippen molar-refractivity contribution in [2.75, 3.05) is 13.2 Å². The summed E-state index contributed by atoms with van der Waals surface area (Å²) in [6.45, 7) is 0.519. The van der Waals surface area contributed by atoms with Crippen LogP contribution in [0.1, 0.15) is 24.0 Å². The molecule has 2 aromatic rings. The average Bonchev–Trinajstić information content (AvgIpc) is 3.40. The van der Waals surface area contributed by atoms with E-state index in [1.165, 1.54) is 6.07 Å². The van der Waals surface area contributed by atoms with Crippen molar-refractivity contribution in [1.29, 1.82) is 5.26 Å². The number of nitriles is 1. The fraction of sp³-hybridized carbons (Fsp3) is 0.316. The minimum absolute atomic E-state index is 0.151. The highest BCUT2D eigenvalue weighted by atomic mass is 19.1. The van der Waals surface area contributed by atoms with E-state index < -0.39 is 6.10 Å². The Kier molecular flexibility index (Phi) is 4.79. The van der Waals surface area contributed by atoms with E-state index in [0.29, 0.717) is 17.9 Å². The van der Waals surface area contributed by atoms with Gasteiger partial charge in [-0.2, -0.15) is 5.26 Å². The summed E-state index contributed by atoms with van der Waals surface area (Å²) in [7, 11) is 0. The minimum atomic E-state index is -0.674. The Morgan fingerprint density at radius 3 is 2.62 bits per heavy atom. The number of rotatable bonds is 7. The summed E-state index contributed by atoms with van der Waals surface area (Å²) in [6.07, 6.45) is 1.19. The van der Waals surface area contributed by atoms with E-state index in [1.54, 1.807) is 36.4 Å². The zero-order valence-corrected chi connectivity index (χ0v) is 13.2. The van der Waals surface area contributed by atoms with Gasteiger partial charge in [0.05, 0.1) is 11.6 Å².